The van der Waals surface area contributed by atoms with E-state index in [4.69, 9.17) is 0 Å². The third kappa shape index (κ3) is 4.98. The van der Waals surface area contributed by atoms with Crippen LogP contribution < -0.4 is 5.32 Å². The van der Waals surface area contributed by atoms with Crippen LogP contribution in [0.4, 0.5) is 0 Å². The van der Waals surface area contributed by atoms with Gasteiger partial charge in [-0.3, -0.25) is 4.79 Å². The summed E-state index contributed by atoms with van der Waals surface area (Å²) < 4.78 is 2.01. The highest BCUT2D eigenvalue weighted by atomic mass is 32.2. The van der Waals surface area contributed by atoms with Crippen molar-refractivity contribution in [3.8, 4) is 10.7 Å². The topological polar surface area (TPSA) is 59.8 Å². The van der Waals surface area contributed by atoms with Gasteiger partial charge in [-0.05, 0) is 63.0 Å². The third-order valence-electron chi connectivity index (χ3n) is 5.21. The van der Waals surface area contributed by atoms with E-state index in [1.54, 1.807) is 0 Å². The van der Waals surface area contributed by atoms with Crippen molar-refractivity contribution in [2.45, 2.75) is 71.5 Å². The number of amides is 1. The lowest BCUT2D eigenvalue weighted by molar-refractivity contribution is -0.119. The van der Waals surface area contributed by atoms with Gasteiger partial charge in [0.25, 0.3) is 0 Å². The van der Waals surface area contributed by atoms with Gasteiger partial charge in [0.15, 0.2) is 11.0 Å². The number of carbonyl (C=O) groups is 1. The second kappa shape index (κ2) is 7.82. The van der Waals surface area contributed by atoms with Crippen molar-refractivity contribution in [3.05, 3.63) is 16.5 Å². The summed E-state index contributed by atoms with van der Waals surface area (Å²) in [5, 5.41) is 12.5. The smallest absolute Gasteiger partial charge is 0.230 e. The van der Waals surface area contributed by atoms with Crippen LogP contribution in [0.1, 0.15) is 58.4 Å². The third-order valence-corrected chi connectivity index (χ3v) is 7.46. The Labute approximate surface area is 176 Å². The number of fused-ring (bicyclic) bond motifs is 1. The van der Waals surface area contributed by atoms with Crippen LogP contribution in [0.15, 0.2) is 11.2 Å². The summed E-state index contributed by atoms with van der Waals surface area (Å²) in [5.74, 6) is 1.99. The molecule has 0 aliphatic heterocycles. The molecule has 1 N–H and O–H groups in total. The quantitative estimate of drug-likeness (QED) is 0.728. The minimum absolute atomic E-state index is 0.0156. The van der Waals surface area contributed by atoms with Gasteiger partial charge in [0.05, 0.1) is 10.6 Å². The number of thioether (sulfide) groups is 1. The van der Waals surface area contributed by atoms with Gasteiger partial charge in [0.1, 0.15) is 0 Å². The Morgan fingerprint density at radius 3 is 2.64 bits per heavy atom. The van der Waals surface area contributed by atoms with E-state index >= 15 is 0 Å². The van der Waals surface area contributed by atoms with Crippen molar-refractivity contribution < 1.29 is 4.79 Å². The minimum Gasteiger partial charge on any atom is -0.351 e. The second-order valence-corrected chi connectivity index (χ2v) is 11.9. The molecular weight excluding hydrogens is 388 g/mol. The summed E-state index contributed by atoms with van der Waals surface area (Å²) in [7, 11) is 1.98. The zero-order chi connectivity index (χ0) is 20.7. The lowest BCUT2D eigenvalue weighted by Crippen LogP contribution is -2.41. The van der Waals surface area contributed by atoms with E-state index < -0.39 is 0 Å². The van der Waals surface area contributed by atoms with Gasteiger partial charge in [-0.15, -0.1) is 21.5 Å². The molecule has 3 rings (SSSR count). The molecule has 5 nitrogen and oxygen atoms in total. The second-order valence-electron chi connectivity index (χ2n) is 9.82. The molecule has 1 aliphatic carbocycles. The van der Waals surface area contributed by atoms with E-state index in [2.05, 4.69) is 42.4 Å². The van der Waals surface area contributed by atoms with Crippen LogP contribution in [0, 0.1) is 11.3 Å². The predicted molar refractivity (Wildman–Crippen MR) is 118 cm³/mol. The summed E-state index contributed by atoms with van der Waals surface area (Å²) >= 11 is 3.28. The predicted octanol–water partition coefficient (Wildman–Crippen LogP) is 4.70. The molecule has 0 spiro atoms. The van der Waals surface area contributed by atoms with Gasteiger partial charge in [0.2, 0.25) is 5.91 Å². The van der Waals surface area contributed by atoms with Crippen LogP contribution in [-0.4, -0.2) is 32.0 Å². The van der Waals surface area contributed by atoms with E-state index in [9.17, 15) is 4.79 Å². The number of nitrogens with zero attached hydrogens (tertiary/aromatic N) is 3. The Morgan fingerprint density at radius 2 is 2.00 bits per heavy atom. The molecular formula is C21H32N4OS2. The van der Waals surface area contributed by atoms with Gasteiger partial charge >= 0.3 is 0 Å². The van der Waals surface area contributed by atoms with Crippen LogP contribution in [0.2, 0.25) is 0 Å². The number of nitrogens with one attached hydrogen (secondary N) is 1. The largest absolute Gasteiger partial charge is 0.351 e. The van der Waals surface area contributed by atoms with Crippen molar-refractivity contribution in [2.75, 3.05) is 5.75 Å². The highest BCUT2D eigenvalue weighted by Gasteiger charge is 2.30. The van der Waals surface area contributed by atoms with Gasteiger partial charge in [-0.2, -0.15) is 0 Å². The minimum atomic E-state index is -0.219. The highest BCUT2D eigenvalue weighted by Crippen LogP contribution is 2.42. The molecule has 0 aromatic carbocycles. The number of hydrogen-bond donors (Lipinski definition) is 1. The average Bonchev–Trinajstić information content (AvgIpc) is 3.12. The zero-order valence-electron chi connectivity index (χ0n) is 18.0. The van der Waals surface area contributed by atoms with E-state index in [0.717, 1.165) is 29.7 Å². The summed E-state index contributed by atoms with van der Waals surface area (Å²) in [6.07, 6.45) is 3.58. The fourth-order valence-corrected chi connectivity index (χ4v) is 5.55. The molecule has 0 saturated carbocycles. The van der Waals surface area contributed by atoms with Crippen LogP contribution in [-0.2, 0) is 24.7 Å². The lowest BCUT2D eigenvalue weighted by atomic mass is 9.72. The normalized spacial score (nSPS) is 17.5. The Bertz CT molecular complexity index is 855. The fraction of sp³-hybridized carbons (Fsp3) is 0.667. The number of aryl methyl sites for hydroxylation is 1. The maximum atomic E-state index is 12.1. The number of carbonyl (C=O) groups excluding carboxylic acids is 1. The van der Waals surface area contributed by atoms with Crippen molar-refractivity contribution >= 4 is 29.0 Å². The van der Waals surface area contributed by atoms with Gasteiger partial charge in [0, 0.05) is 17.5 Å². The number of thiophene rings is 1. The molecule has 7 heteroatoms. The molecule has 154 valence electrons. The molecule has 2 aromatic heterocycles. The lowest BCUT2D eigenvalue weighted by Gasteiger charge is -2.33. The van der Waals surface area contributed by atoms with Gasteiger partial charge < -0.3 is 9.88 Å². The molecule has 1 unspecified atom stereocenters. The molecule has 1 aliphatic rings. The molecule has 2 heterocycles. The Balaban J connectivity index is 1.71. The first-order valence-electron chi connectivity index (χ1n) is 9.89. The fourth-order valence-electron chi connectivity index (χ4n) is 3.61. The zero-order valence-corrected chi connectivity index (χ0v) is 19.7. The van der Waals surface area contributed by atoms with Crippen LogP contribution in [0.3, 0.4) is 0 Å². The number of rotatable bonds is 4. The maximum absolute atomic E-state index is 12.1. The Hall–Kier alpha value is -1.34. The Morgan fingerprint density at radius 1 is 1.29 bits per heavy atom. The number of hydrogen-bond acceptors (Lipinski definition) is 5. The molecule has 1 atom stereocenters. The summed E-state index contributed by atoms with van der Waals surface area (Å²) in [6, 6.07) is 2.31. The molecule has 1 amide bonds. The summed E-state index contributed by atoms with van der Waals surface area (Å²) in [5.41, 5.74) is 1.61. The van der Waals surface area contributed by atoms with Gasteiger partial charge in [-0.1, -0.05) is 32.5 Å². The van der Waals surface area contributed by atoms with E-state index in [-0.39, 0.29) is 11.4 Å². The first kappa shape index (κ1) is 21.4. The van der Waals surface area contributed by atoms with Crippen molar-refractivity contribution in [1.82, 2.24) is 20.1 Å². The molecule has 28 heavy (non-hydrogen) atoms. The molecule has 0 radical (unpaired) electrons. The maximum Gasteiger partial charge on any atom is 0.230 e. The van der Waals surface area contributed by atoms with E-state index in [0.29, 0.717) is 11.2 Å². The Kier molecular flexibility index (Phi) is 5.97. The van der Waals surface area contributed by atoms with Gasteiger partial charge in [-0.25, -0.2) is 0 Å². The average molecular weight is 421 g/mol. The molecule has 0 fully saturated rings. The van der Waals surface area contributed by atoms with Crippen molar-refractivity contribution in [3.63, 3.8) is 0 Å². The SMILES string of the molecule is Cn1c(SCC(=O)NC(C)(C)C)nnc1-c1cc2c(s1)CCC(C(C)(C)C)C2. The monoisotopic (exact) mass is 420 g/mol. The standard InChI is InChI=1S/C21H32N4OS2/c1-20(2,3)14-8-9-15-13(10-14)11-16(28-15)18-23-24-19(25(18)7)27-12-17(26)22-21(4,5)6/h11,14H,8-10,12H2,1-7H3,(H,22,26). The molecule has 0 saturated heterocycles. The van der Waals surface area contributed by atoms with E-state index in [1.807, 2.05) is 43.7 Å². The van der Waals surface area contributed by atoms with Crippen LogP contribution in [0.5, 0.6) is 0 Å². The highest BCUT2D eigenvalue weighted by molar-refractivity contribution is 7.99. The van der Waals surface area contributed by atoms with Crippen LogP contribution >= 0.6 is 23.1 Å². The first-order chi connectivity index (χ1) is 12.9. The van der Waals surface area contributed by atoms with Crippen molar-refractivity contribution in [1.29, 1.82) is 0 Å². The molecule has 0 bridgehead atoms. The first-order valence-corrected chi connectivity index (χ1v) is 11.7. The summed E-state index contributed by atoms with van der Waals surface area (Å²) in [6.45, 7) is 13.0. The van der Waals surface area contributed by atoms with E-state index in [1.165, 1.54) is 33.5 Å². The summed E-state index contributed by atoms with van der Waals surface area (Å²) in [4.78, 5) is 14.8. The number of aromatic nitrogens is 3. The van der Waals surface area contributed by atoms with Crippen molar-refractivity contribution in [2.24, 2.45) is 18.4 Å². The van der Waals surface area contributed by atoms with Crippen LogP contribution in [0.25, 0.3) is 10.7 Å². The molecule has 2 aromatic rings.